The number of ether oxygens (including phenoxy) is 1. The van der Waals surface area contributed by atoms with Gasteiger partial charge in [0.1, 0.15) is 11.6 Å². The Kier molecular flexibility index (Phi) is 8.40. The van der Waals surface area contributed by atoms with E-state index in [9.17, 15) is 17.6 Å². The molecular formula is C28H33FN2O4S. The molecule has 1 N–H and O–H groups in total. The summed E-state index contributed by atoms with van der Waals surface area (Å²) in [5.74, 6) is 0.323. The largest absolute Gasteiger partial charge is 0.496 e. The van der Waals surface area contributed by atoms with Crippen LogP contribution >= 0.6 is 0 Å². The van der Waals surface area contributed by atoms with Gasteiger partial charge in [-0.05, 0) is 78.9 Å². The molecule has 0 fully saturated rings. The van der Waals surface area contributed by atoms with Gasteiger partial charge < -0.3 is 10.1 Å². The lowest BCUT2D eigenvalue weighted by atomic mass is 9.93. The van der Waals surface area contributed by atoms with Crippen molar-refractivity contribution in [3.63, 3.8) is 0 Å². The summed E-state index contributed by atoms with van der Waals surface area (Å²) in [6.45, 7) is 7.93. The molecule has 1 amide bonds. The van der Waals surface area contributed by atoms with Crippen molar-refractivity contribution < 1.29 is 22.3 Å². The van der Waals surface area contributed by atoms with Crippen LogP contribution < -0.4 is 14.4 Å². The lowest BCUT2D eigenvalue weighted by molar-refractivity contribution is 0.0940. The molecule has 6 nitrogen and oxygen atoms in total. The highest BCUT2D eigenvalue weighted by Gasteiger charge is 2.21. The molecule has 0 aliphatic carbocycles. The van der Waals surface area contributed by atoms with Gasteiger partial charge in [-0.2, -0.15) is 0 Å². The Labute approximate surface area is 213 Å². The molecule has 3 rings (SSSR count). The van der Waals surface area contributed by atoms with Crippen LogP contribution in [0.4, 0.5) is 10.1 Å². The summed E-state index contributed by atoms with van der Waals surface area (Å²) < 4.78 is 45.6. The molecule has 0 spiro atoms. The van der Waals surface area contributed by atoms with Gasteiger partial charge in [0, 0.05) is 11.1 Å². The lowest BCUT2D eigenvalue weighted by Crippen LogP contribution is -2.30. The number of carbonyl (C=O) groups excluding carboxylic acids is 1. The molecular weight excluding hydrogens is 479 g/mol. The van der Waals surface area contributed by atoms with Gasteiger partial charge in [-0.15, -0.1) is 0 Å². The van der Waals surface area contributed by atoms with Crippen molar-refractivity contribution in [3.05, 3.63) is 94.3 Å². The van der Waals surface area contributed by atoms with Crippen LogP contribution in [0.3, 0.4) is 0 Å². The lowest BCUT2D eigenvalue weighted by Gasteiger charge is -2.23. The highest BCUT2D eigenvalue weighted by atomic mass is 32.2. The number of sulfonamides is 1. The van der Waals surface area contributed by atoms with Gasteiger partial charge >= 0.3 is 0 Å². The fourth-order valence-electron chi connectivity index (χ4n) is 4.13. The number of anilines is 1. The maximum atomic E-state index is 14.1. The normalized spacial score (nSPS) is 12.3. The van der Waals surface area contributed by atoms with Crippen LogP contribution in [0, 0.1) is 12.7 Å². The minimum atomic E-state index is -3.69. The summed E-state index contributed by atoms with van der Waals surface area (Å²) in [7, 11) is -2.04. The zero-order chi connectivity index (χ0) is 26.6. The monoisotopic (exact) mass is 512 g/mol. The van der Waals surface area contributed by atoms with Crippen LogP contribution in [0.5, 0.6) is 5.75 Å². The number of nitrogens with one attached hydrogen (secondary N) is 1. The van der Waals surface area contributed by atoms with Crippen molar-refractivity contribution in [2.24, 2.45) is 0 Å². The highest BCUT2D eigenvalue weighted by molar-refractivity contribution is 7.92. The molecule has 0 aromatic heterocycles. The number of methoxy groups -OCH3 is 1. The molecule has 0 aliphatic heterocycles. The molecule has 0 saturated heterocycles. The summed E-state index contributed by atoms with van der Waals surface area (Å²) in [6, 6.07) is 16.1. The molecule has 3 aromatic rings. The minimum absolute atomic E-state index is 0.150. The Morgan fingerprint density at radius 1 is 1.03 bits per heavy atom. The van der Waals surface area contributed by atoms with Crippen molar-refractivity contribution >= 4 is 21.6 Å². The predicted molar refractivity (Wildman–Crippen MR) is 142 cm³/mol. The van der Waals surface area contributed by atoms with Crippen LogP contribution in [0.15, 0.2) is 60.7 Å². The molecule has 0 bridgehead atoms. The summed E-state index contributed by atoms with van der Waals surface area (Å²) in [4.78, 5) is 13.0. The highest BCUT2D eigenvalue weighted by Crippen LogP contribution is 2.32. The molecule has 0 aliphatic rings. The van der Waals surface area contributed by atoms with Crippen LogP contribution in [-0.4, -0.2) is 27.7 Å². The van der Waals surface area contributed by atoms with Gasteiger partial charge in [0.15, 0.2) is 0 Å². The number of nitrogens with zero attached hydrogens (tertiary/aromatic N) is 1. The molecule has 0 radical (unpaired) electrons. The number of carbonyl (C=O) groups is 1. The summed E-state index contributed by atoms with van der Waals surface area (Å²) >= 11 is 0. The second-order valence-electron chi connectivity index (χ2n) is 9.21. The molecule has 8 heteroatoms. The van der Waals surface area contributed by atoms with Crippen molar-refractivity contribution in [3.8, 4) is 5.75 Å². The molecule has 0 heterocycles. The maximum Gasteiger partial charge on any atom is 0.251 e. The van der Waals surface area contributed by atoms with E-state index in [4.69, 9.17) is 4.74 Å². The van der Waals surface area contributed by atoms with E-state index in [2.05, 4.69) is 25.2 Å². The first kappa shape index (κ1) is 27.2. The van der Waals surface area contributed by atoms with E-state index >= 15 is 0 Å². The van der Waals surface area contributed by atoms with Gasteiger partial charge in [0.25, 0.3) is 5.91 Å². The second-order valence-corrected chi connectivity index (χ2v) is 11.1. The van der Waals surface area contributed by atoms with Gasteiger partial charge in [0.2, 0.25) is 10.0 Å². The van der Waals surface area contributed by atoms with Gasteiger partial charge in [-0.3, -0.25) is 9.10 Å². The van der Waals surface area contributed by atoms with Gasteiger partial charge in [0.05, 0.1) is 31.6 Å². The number of halogens is 1. The second kappa shape index (κ2) is 11.1. The molecule has 0 saturated carbocycles. The third-order valence-corrected chi connectivity index (χ3v) is 7.28. The Hall–Kier alpha value is -3.39. The number of amides is 1. The summed E-state index contributed by atoms with van der Waals surface area (Å²) in [5.41, 5.74) is 4.07. The molecule has 1 atom stereocenters. The predicted octanol–water partition coefficient (Wildman–Crippen LogP) is 5.72. The standard InChI is InChI=1S/C28H33FN2O4S/c1-18(2)24-16-25(19(3)15-27(24)35-5)20(4)30-28(32)21-11-13-23(14-12-21)31(36(6,33)34)17-22-9-7-8-10-26(22)29/h7-16,18,20H,17H2,1-6H3,(H,30,32)/t20-/m0/s1. The Bertz CT molecular complexity index is 1340. The zero-order valence-electron chi connectivity index (χ0n) is 21.5. The maximum absolute atomic E-state index is 14.1. The average Bonchev–Trinajstić information content (AvgIpc) is 2.82. The van der Waals surface area contributed by atoms with E-state index in [0.717, 1.165) is 33.0 Å². The smallest absolute Gasteiger partial charge is 0.251 e. The number of aryl methyl sites for hydroxylation is 1. The number of benzene rings is 3. The van der Waals surface area contributed by atoms with Crippen LogP contribution in [-0.2, 0) is 16.6 Å². The first-order chi connectivity index (χ1) is 16.9. The SMILES string of the molecule is COc1cc(C)c([C@H](C)NC(=O)c2ccc(N(Cc3ccccc3F)S(C)(=O)=O)cc2)cc1C(C)C. The molecule has 192 valence electrons. The van der Waals surface area contributed by atoms with E-state index in [1.165, 1.54) is 6.07 Å². The molecule has 36 heavy (non-hydrogen) atoms. The Morgan fingerprint density at radius 3 is 2.22 bits per heavy atom. The first-order valence-electron chi connectivity index (χ1n) is 11.7. The third-order valence-electron chi connectivity index (χ3n) is 6.14. The average molecular weight is 513 g/mol. The Morgan fingerprint density at radius 2 is 1.67 bits per heavy atom. The minimum Gasteiger partial charge on any atom is -0.496 e. The van der Waals surface area contributed by atoms with Crippen LogP contribution in [0.2, 0.25) is 0 Å². The summed E-state index contributed by atoms with van der Waals surface area (Å²) in [5, 5.41) is 3.02. The molecule has 0 unspecified atom stereocenters. The van der Waals surface area contributed by atoms with E-state index in [1.807, 2.05) is 19.9 Å². The van der Waals surface area contributed by atoms with Crippen LogP contribution in [0.25, 0.3) is 0 Å². The van der Waals surface area contributed by atoms with E-state index in [1.54, 1.807) is 49.6 Å². The first-order valence-corrected chi connectivity index (χ1v) is 13.6. The van der Waals surface area contributed by atoms with E-state index in [-0.39, 0.29) is 30.0 Å². The van der Waals surface area contributed by atoms with Crippen molar-refractivity contribution in [2.45, 2.75) is 46.2 Å². The van der Waals surface area contributed by atoms with Crippen molar-refractivity contribution in [2.75, 3.05) is 17.7 Å². The molecule has 3 aromatic carbocycles. The van der Waals surface area contributed by atoms with Crippen molar-refractivity contribution in [1.82, 2.24) is 5.32 Å². The van der Waals surface area contributed by atoms with E-state index in [0.29, 0.717) is 11.3 Å². The van der Waals surface area contributed by atoms with Crippen LogP contribution in [0.1, 0.15) is 65.3 Å². The van der Waals surface area contributed by atoms with Crippen molar-refractivity contribution in [1.29, 1.82) is 0 Å². The zero-order valence-corrected chi connectivity index (χ0v) is 22.3. The summed E-state index contributed by atoms with van der Waals surface area (Å²) in [6.07, 6.45) is 1.07. The number of rotatable bonds is 9. The Balaban J connectivity index is 1.81. The number of hydrogen-bond acceptors (Lipinski definition) is 4. The van der Waals surface area contributed by atoms with E-state index < -0.39 is 15.8 Å². The third kappa shape index (κ3) is 6.23. The quantitative estimate of drug-likeness (QED) is 0.398. The number of hydrogen-bond donors (Lipinski definition) is 1. The fourth-order valence-corrected chi connectivity index (χ4v) is 5.01. The fraction of sp³-hybridized carbons (Fsp3) is 0.321. The van der Waals surface area contributed by atoms with Gasteiger partial charge in [-0.1, -0.05) is 32.0 Å². The van der Waals surface area contributed by atoms with Gasteiger partial charge in [-0.25, -0.2) is 12.8 Å². The topological polar surface area (TPSA) is 75.7 Å².